The number of amides is 1. The van der Waals surface area contributed by atoms with E-state index in [1.165, 1.54) is 0 Å². The Morgan fingerprint density at radius 2 is 2.08 bits per heavy atom. The van der Waals surface area contributed by atoms with E-state index in [0.29, 0.717) is 12.5 Å². The molecule has 1 aliphatic carbocycles. The van der Waals surface area contributed by atoms with Crippen LogP contribution in [0.5, 0.6) is 0 Å². The van der Waals surface area contributed by atoms with Crippen LogP contribution in [0.25, 0.3) is 11.3 Å². The fraction of sp³-hybridized carbons (Fsp3) is 0.308. The smallest absolute Gasteiger partial charge is 0.227 e. The molecule has 10 nitrogen and oxygen atoms in total. The molecule has 1 saturated carbocycles. The Kier molecular flexibility index (Phi) is 5.45. The molecular formula is C26H25N9O. The Balaban J connectivity index is 1.28. The molecule has 2 aliphatic rings. The van der Waals surface area contributed by atoms with Crippen LogP contribution in [0.1, 0.15) is 36.2 Å². The lowest BCUT2D eigenvalue weighted by Crippen LogP contribution is -2.54. The van der Waals surface area contributed by atoms with Crippen LogP contribution in [0, 0.1) is 17.2 Å². The number of anilines is 2. The molecule has 6 rings (SSSR count). The highest BCUT2D eigenvalue weighted by Crippen LogP contribution is 2.46. The Hall–Kier alpha value is -4.52. The van der Waals surface area contributed by atoms with Crippen LogP contribution in [-0.4, -0.2) is 46.7 Å². The number of aromatic nitrogens is 6. The van der Waals surface area contributed by atoms with Crippen molar-refractivity contribution in [3.63, 3.8) is 0 Å². The first kappa shape index (κ1) is 22.0. The molecule has 1 amide bonds. The van der Waals surface area contributed by atoms with E-state index in [1.807, 2.05) is 48.6 Å². The van der Waals surface area contributed by atoms with Gasteiger partial charge in [0.05, 0.1) is 47.8 Å². The van der Waals surface area contributed by atoms with E-state index in [1.54, 1.807) is 23.3 Å². The average Bonchev–Trinajstić information content (AvgIpc) is 3.48. The van der Waals surface area contributed by atoms with Gasteiger partial charge in [0.15, 0.2) is 0 Å². The zero-order valence-corrected chi connectivity index (χ0v) is 19.8. The first-order chi connectivity index (χ1) is 17.6. The minimum absolute atomic E-state index is 0.0311. The maximum absolute atomic E-state index is 13.0. The fourth-order valence-electron chi connectivity index (χ4n) is 4.78. The quantitative estimate of drug-likeness (QED) is 0.431. The summed E-state index contributed by atoms with van der Waals surface area (Å²) in [5.74, 6) is 0.813. The zero-order valence-electron chi connectivity index (χ0n) is 19.8. The van der Waals surface area contributed by atoms with Crippen molar-refractivity contribution in [3.05, 3.63) is 72.7 Å². The molecule has 2 unspecified atom stereocenters. The van der Waals surface area contributed by atoms with Gasteiger partial charge in [-0.3, -0.25) is 14.5 Å². The molecule has 0 radical (unpaired) electrons. The summed E-state index contributed by atoms with van der Waals surface area (Å²) in [6, 6.07) is 9.74. The van der Waals surface area contributed by atoms with Crippen molar-refractivity contribution >= 4 is 17.5 Å². The normalized spacial score (nSPS) is 18.9. The van der Waals surface area contributed by atoms with Gasteiger partial charge in [0, 0.05) is 56.1 Å². The zero-order chi connectivity index (χ0) is 24.6. The number of pyridine rings is 1. The number of carbonyl (C=O) groups is 1. The Bertz CT molecular complexity index is 1460. The number of rotatable bonds is 7. The van der Waals surface area contributed by atoms with Crippen LogP contribution in [0.3, 0.4) is 0 Å². The summed E-state index contributed by atoms with van der Waals surface area (Å²) in [7, 11) is 1.85. The first-order valence-corrected chi connectivity index (χ1v) is 12.0. The van der Waals surface area contributed by atoms with Gasteiger partial charge >= 0.3 is 0 Å². The van der Waals surface area contributed by atoms with Crippen LogP contribution in [0.2, 0.25) is 0 Å². The molecule has 2 fully saturated rings. The molecule has 4 aromatic rings. The Labute approximate surface area is 208 Å². The summed E-state index contributed by atoms with van der Waals surface area (Å²) in [5, 5.41) is 16.7. The molecule has 180 valence electrons. The van der Waals surface area contributed by atoms with Crippen molar-refractivity contribution in [2.75, 3.05) is 11.9 Å². The van der Waals surface area contributed by atoms with Gasteiger partial charge in [-0.05, 0) is 36.6 Å². The number of nitrogens with zero attached hydrogens (tertiary/aromatic N) is 8. The Morgan fingerprint density at radius 3 is 2.86 bits per heavy atom. The molecular weight excluding hydrogens is 454 g/mol. The molecule has 2 atom stereocenters. The monoisotopic (exact) mass is 479 g/mol. The number of carbonyl (C=O) groups excluding carboxylic acids is 1. The van der Waals surface area contributed by atoms with Crippen LogP contribution in [0.4, 0.5) is 11.6 Å². The van der Waals surface area contributed by atoms with E-state index in [2.05, 4.69) is 42.2 Å². The summed E-state index contributed by atoms with van der Waals surface area (Å²) in [5.41, 5.74) is 4.24. The van der Waals surface area contributed by atoms with Crippen LogP contribution >= 0.6 is 0 Å². The van der Waals surface area contributed by atoms with Crippen molar-refractivity contribution in [3.8, 4) is 17.3 Å². The first-order valence-electron chi connectivity index (χ1n) is 12.0. The van der Waals surface area contributed by atoms with Crippen molar-refractivity contribution in [2.24, 2.45) is 13.0 Å². The SMILES string of the molecule is Cn1cc(Nc2nccc(-c3ccn(C4CN(C(=O)C5CC5)C4c4ncccc4CC#N)c3)n2)cn1. The van der Waals surface area contributed by atoms with Gasteiger partial charge in [0.2, 0.25) is 11.9 Å². The van der Waals surface area contributed by atoms with Crippen LogP contribution < -0.4 is 5.32 Å². The van der Waals surface area contributed by atoms with Gasteiger partial charge in [-0.2, -0.15) is 10.4 Å². The van der Waals surface area contributed by atoms with Gasteiger partial charge in [0.1, 0.15) is 0 Å². The van der Waals surface area contributed by atoms with Gasteiger partial charge in [-0.25, -0.2) is 9.97 Å². The fourth-order valence-corrected chi connectivity index (χ4v) is 4.78. The lowest BCUT2D eigenvalue weighted by Gasteiger charge is -2.49. The number of likely N-dealkylation sites (tertiary alicyclic amines) is 1. The van der Waals surface area contributed by atoms with Gasteiger partial charge < -0.3 is 14.8 Å². The summed E-state index contributed by atoms with van der Waals surface area (Å²) in [4.78, 5) is 28.6. The second-order valence-corrected chi connectivity index (χ2v) is 9.30. The van der Waals surface area contributed by atoms with Crippen LogP contribution in [0.15, 0.2) is 61.4 Å². The van der Waals surface area contributed by atoms with Gasteiger partial charge in [-0.15, -0.1) is 0 Å². The maximum atomic E-state index is 13.0. The second kappa shape index (κ2) is 8.92. The van der Waals surface area contributed by atoms with Crippen LogP contribution in [-0.2, 0) is 18.3 Å². The number of hydrogen-bond donors (Lipinski definition) is 1. The largest absolute Gasteiger partial charge is 0.346 e. The molecule has 0 spiro atoms. The molecule has 10 heteroatoms. The molecule has 1 saturated heterocycles. The highest BCUT2D eigenvalue weighted by atomic mass is 16.2. The highest BCUT2D eigenvalue weighted by molar-refractivity contribution is 5.82. The lowest BCUT2D eigenvalue weighted by molar-refractivity contribution is -0.145. The van der Waals surface area contributed by atoms with Gasteiger partial charge in [-0.1, -0.05) is 6.07 Å². The van der Waals surface area contributed by atoms with Crippen molar-refractivity contribution in [1.82, 2.24) is 34.2 Å². The summed E-state index contributed by atoms with van der Waals surface area (Å²) >= 11 is 0. The number of nitrogens with one attached hydrogen (secondary N) is 1. The third kappa shape index (κ3) is 4.09. The van der Waals surface area contributed by atoms with E-state index < -0.39 is 0 Å². The molecule has 0 bridgehead atoms. The second-order valence-electron chi connectivity index (χ2n) is 9.30. The molecule has 0 aromatic carbocycles. The molecule has 1 N–H and O–H groups in total. The van der Waals surface area contributed by atoms with Crippen molar-refractivity contribution in [1.29, 1.82) is 5.26 Å². The summed E-state index contributed by atoms with van der Waals surface area (Å²) in [6.45, 7) is 0.619. The van der Waals surface area contributed by atoms with Gasteiger partial charge in [0.25, 0.3) is 0 Å². The summed E-state index contributed by atoms with van der Waals surface area (Å²) < 4.78 is 3.85. The molecule has 36 heavy (non-hydrogen) atoms. The number of nitriles is 1. The molecule has 4 aromatic heterocycles. The summed E-state index contributed by atoms with van der Waals surface area (Å²) in [6.07, 6.45) is 13.3. The standard InChI is InChI=1S/C26H25N9O/c1-33-15-20(13-30-33)31-26-29-11-7-21(32-26)19-8-12-34(14-19)22-16-35(25(36)18-4-5-18)24(22)23-17(6-9-27)3-2-10-28-23/h2-3,7-8,10-15,18,22,24H,4-6,16H2,1H3,(H,29,31,32). The predicted molar refractivity (Wildman–Crippen MR) is 132 cm³/mol. The maximum Gasteiger partial charge on any atom is 0.227 e. The van der Waals surface area contributed by atoms with E-state index >= 15 is 0 Å². The molecule has 1 aliphatic heterocycles. The Morgan fingerprint density at radius 1 is 1.19 bits per heavy atom. The minimum atomic E-state index is -0.198. The third-order valence-corrected chi connectivity index (χ3v) is 6.78. The van der Waals surface area contributed by atoms with E-state index in [0.717, 1.165) is 41.0 Å². The van der Waals surface area contributed by atoms with Crippen molar-refractivity contribution in [2.45, 2.75) is 31.3 Å². The highest BCUT2D eigenvalue weighted by Gasteiger charge is 2.48. The van der Waals surface area contributed by atoms with Crippen molar-refractivity contribution < 1.29 is 4.79 Å². The van der Waals surface area contributed by atoms with E-state index in [-0.39, 0.29) is 30.3 Å². The minimum Gasteiger partial charge on any atom is -0.346 e. The third-order valence-electron chi connectivity index (χ3n) is 6.78. The number of hydrogen-bond acceptors (Lipinski definition) is 7. The lowest BCUT2D eigenvalue weighted by atomic mass is 9.88. The van der Waals surface area contributed by atoms with E-state index in [9.17, 15) is 10.1 Å². The predicted octanol–water partition coefficient (Wildman–Crippen LogP) is 3.42. The average molecular weight is 480 g/mol. The molecule has 5 heterocycles. The topological polar surface area (TPSA) is 118 Å². The van der Waals surface area contributed by atoms with E-state index in [4.69, 9.17) is 0 Å². The number of aryl methyl sites for hydroxylation is 1.